The van der Waals surface area contributed by atoms with Gasteiger partial charge in [0.15, 0.2) is 5.78 Å². The second-order valence-electron chi connectivity index (χ2n) is 4.42. The summed E-state index contributed by atoms with van der Waals surface area (Å²) in [5.74, 6) is 0.311. The Morgan fingerprint density at radius 1 is 1.29 bits per heavy atom. The lowest BCUT2D eigenvalue weighted by atomic mass is 10.1. The van der Waals surface area contributed by atoms with E-state index in [4.69, 9.17) is 0 Å². The van der Waals surface area contributed by atoms with Crippen LogP contribution in [-0.2, 0) is 25.1 Å². The lowest BCUT2D eigenvalue weighted by molar-refractivity contribution is -0.145. The first-order valence-electron chi connectivity index (χ1n) is 6.14. The predicted octanol–water partition coefficient (Wildman–Crippen LogP) is 1.45. The van der Waals surface area contributed by atoms with Crippen molar-refractivity contribution in [3.63, 3.8) is 0 Å². The molecule has 4 nitrogen and oxygen atoms in total. The van der Waals surface area contributed by atoms with E-state index in [1.165, 1.54) is 12.8 Å². The molecule has 1 fully saturated rings. The first kappa shape index (κ1) is 14.4. The van der Waals surface area contributed by atoms with Crippen molar-refractivity contribution in [2.75, 3.05) is 18.1 Å². The Hall–Kier alpha value is -0.710. The molecule has 5 heteroatoms. The van der Waals surface area contributed by atoms with Gasteiger partial charge in [-0.1, -0.05) is 12.8 Å². The van der Waals surface area contributed by atoms with E-state index in [0.717, 1.165) is 12.8 Å². The SMILES string of the molecule is CCOC(=O)CC(=O)CS(=O)CC1CCCC1. The first-order valence-corrected chi connectivity index (χ1v) is 7.63. The van der Waals surface area contributed by atoms with Gasteiger partial charge in [0.05, 0.1) is 12.4 Å². The summed E-state index contributed by atoms with van der Waals surface area (Å²) in [4.78, 5) is 22.5. The van der Waals surface area contributed by atoms with Crippen LogP contribution >= 0.6 is 0 Å². The van der Waals surface area contributed by atoms with E-state index in [0.29, 0.717) is 11.7 Å². The minimum absolute atomic E-state index is 0.00465. The van der Waals surface area contributed by atoms with Gasteiger partial charge in [0.25, 0.3) is 0 Å². The van der Waals surface area contributed by atoms with Crippen LogP contribution in [0.5, 0.6) is 0 Å². The molecule has 1 unspecified atom stereocenters. The summed E-state index contributed by atoms with van der Waals surface area (Å²) in [6, 6.07) is 0. The van der Waals surface area contributed by atoms with E-state index in [9.17, 15) is 13.8 Å². The Balaban J connectivity index is 2.20. The summed E-state index contributed by atoms with van der Waals surface area (Å²) in [5.41, 5.74) is 0. The van der Waals surface area contributed by atoms with Gasteiger partial charge in [-0.15, -0.1) is 0 Å². The number of esters is 1. The summed E-state index contributed by atoms with van der Waals surface area (Å²) in [5, 5.41) is 0. The van der Waals surface area contributed by atoms with E-state index >= 15 is 0 Å². The maximum atomic E-state index is 11.7. The van der Waals surface area contributed by atoms with Gasteiger partial charge in [-0.2, -0.15) is 0 Å². The summed E-state index contributed by atoms with van der Waals surface area (Å²) in [7, 11) is -1.12. The molecular formula is C12H20O4S. The number of hydrogen-bond donors (Lipinski definition) is 0. The van der Waals surface area contributed by atoms with Crippen molar-refractivity contribution in [1.29, 1.82) is 0 Å². The number of ketones is 1. The van der Waals surface area contributed by atoms with Crippen LogP contribution in [0.25, 0.3) is 0 Å². The molecule has 0 bridgehead atoms. The molecule has 1 atom stereocenters. The molecule has 0 heterocycles. The van der Waals surface area contributed by atoms with Crippen LogP contribution in [0.3, 0.4) is 0 Å². The summed E-state index contributed by atoms with van der Waals surface area (Å²) < 4.78 is 16.4. The normalized spacial score (nSPS) is 17.9. The molecule has 1 aliphatic carbocycles. The Kier molecular flexibility index (Phi) is 6.40. The molecule has 0 spiro atoms. The Bertz CT molecular complexity index is 295. The van der Waals surface area contributed by atoms with Crippen LogP contribution in [0.4, 0.5) is 0 Å². The van der Waals surface area contributed by atoms with Gasteiger partial charge in [-0.05, 0) is 25.7 Å². The van der Waals surface area contributed by atoms with Crippen molar-refractivity contribution in [3.8, 4) is 0 Å². The van der Waals surface area contributed by atoms with Crippen molar-refractivity contribution in [3.05, 3.63) is 0 Å². The van der Waals surface area contributed by atoms with Crippen molar-refractivity contribution in [1.82, 2.24) is 0 Å². The fraction of sp³-hybridized carbons (Fsp3) is 0.833. The first-order chi connectivity index (χ1) is 8.11. The molecule has 0 N–H and O–H groups in total. The Labute approximate surface area is 105 Å². The average molecular weight is 260 g/mol. The van der Waals surface area contributed by atoms with E-state index < -0.39 is 16.8 Å². The number of ether oxygens (including phenoxy) is 1. The fourth-order valence-corrected chi connectivity index (χ4v) is 3.54. The highest BCUT2D eigenvalue weighted by molar-refractivity contribution is 7.85. The third-order valence-electron chi connectivity index (χ3n) is 2.87. The quantitative estimate of drug-likeness (QED) is 0.513. The highest BCUT2D eigenvalue weighted by atomic mass is 32.2. The monoisotopic (exact) mass is 260 g/mol. The number of rotatable bonds is 7. The van der Waals surface area contributed by atoms with E-state index in [1.54, 1.807) is 6.92 Å². The zero-order valence-corrected chi connectivity index (χ0v) is 11.1. The highest BCUT2D eigenvalue weighted by Gasteiger charge is 2.20. The van der Waals surface area contributed by atoms with Crippen LogP contribution in [0.2, 0.25) is 0 Å². The third kappa shape index (κ3) is 5.96. The van der Waals surface area contributed by atoms with E-state index in [1.807, 2.05) is 0 Å². The lowest BCUT2D eigenvalue weighted by Crippen LogP contribution is -2.20. The molecule has 1 aliphatic rings. The maximum Gasteiger partial charge on any atom is 0.313 e. The van der Waals surface area contributed by atoms with Gasteiger partial charge in [0.1, 0.15) is 6.42 Å². The topological polar surface area (TPSA) is 60.4 Å². The van der Waals surface area contributed by atoms with Crippen molar-refractivity contribution >= 4 is 22.6 Å². The van der Waals surface area contributed by atoms with Crippen molar-refractivity contribution in [2.24, 2.45) is 5.92 Å². The van der Waals surface area contributed by atoms with Gasteiger partial charge in [-0.25, -0.2) is 0 Å². The third-order valence-corrected chi connectivity index (χ3v) is 4.35. The largest absolute Gasteiger partial charge is 0.466 e. The van der Waals surface area contributed by atoms with Gasteiger partial charge in [0.2, 0.25) is 0 Å². The standard InChI is InChI=1S/C12H20O4S/c1-2-16-12(14)7-11(13)9-17(15)8-10-5-3-4-6-10/h10H,2-9H2,1H3. The molecule has 98 valence electrons. The van der Waals surface area contributed by atoms with Gasteiger partial charge < -0.3 is 4.74 Å². The molecule has 1 saturated carbocycles. The molecule has 0 amide bonds. The van der Waals surface area contributed by atoms with Crippen molar-refractivity contribution < 1.29 is 18.5 Å². The second kappa shape index (κ2) is 7.58. The molecule has 0 aromatic heterocycles. The van der Waals surface area contributed by atoms with Crippen molar-refractivity contribution in [2.45, 2.75) is 39.0 Å². The van der Waals surface area contributed by atoms with Crippen LogP contribution in [-0.4, -0.2) is 34.1 Å². The zero-order chi connectivity index (χ0) is 12.7. The van der Waals surface area contributed by atoms with Gasteiger partial charge >= 0.3 is 5.97 Å². The highest BCUT2D eigenvalue weighted by Crippen LogP contribution is 2.25. The Morgan fingerprint density at radius 2 is 1.94 bits per heavy atom. The summed E-state index contributed by atoms with van der Waals surface area (Å²) in [6.07, 6.45) is 4.41. The second-order valence-corrected chi connectivity index (χ2v) is 5.92. The maximum absolute atomic E-state index is 11.7. The summed E-state index contributed by atoms with van der Waals surface area (Å²) in [6.45, 7) is 1.97. The smallest absolute Gasteiger partial charge is 0.313 e. The van der Waals surface area contributed by atoms with E-state index in [2.05, 4.69) is 4.74 Å². The minimum Gasteiger partial charge on any atom is -0.466 e. The number of hydrogen-bond acceptors (Lipinski definition) is 4. The molecule has 0 saturated heterocycles. The molecule has 0 radical (unpaired) electrons. The molecular weight excluding hydrogens is 240 g/mol. The molecule has 0 aromatic rings. The summed E-state index contributed by atoms with van der Waals surface area (Å²) >= 11 is 0. The van der Waals surface area contributed by atoms with Crippen LogP contribution < -0.4 is 0 Å². The number of Topliss-reactive ketones (excluding diaryl/α,β-unsaturated/α-hetero) is 1. The lowest BCUT2D eigenvalue weighted by Gasteiger charge is -2.07. The van der Waals surface area contributed by atoms with E-state index in [-0.39, 0.29) is 24.6 Å². The molecule has 1 rings (SSSR count). The fourth-order valence-electron chi connectivity index (χ4n) is 2.10. The van der Waals surface area contributed by atoms with Gasteiger partial charge in [0, 0.05) is 16.6 Å². The number of carbonyl (C=O) groups excluding carboxylic acids is 2. The molecule has 17 heavy (non-hydrogen) atoms. The predicted molar refractivity (Wildman–Crippen MR) is 66.1 cm³/mol. The average Bonchev–Trinajstić information content (AvgIpc) is 2.69. The zero-order valence-electron chi connectivity index (χ0n) is 10.3. The van der Waals surface area contributed by atoms with Crippen LogP contribution in [0, 0.1) is 5.92 Å². The Morgan fingerprint density at radius 3 is 2.53 bits per heavy atom. The van der Waals surface area contributed by atoms with Crippen LogP contribution in [0.1, 0.15) is 39.0 Å². The minimum atomic E-state index is -1.12. The number of carbonyl (C=O) groups is 2. The van der Waals surface area contributed by atoms with Crippen LogP contribution in [0.15, 0.2) is 0 Å². The molecule has 0 aromatic carbocycles. The molecule has 0 aliphatic heterocycles. The van der Waals surface area contributed by atoms with Gasteiger partial charge in [-0.3, -0.25) is 13.8 Å².